The van der Waals surface area contributed by atoms with Crippen molar-refractivity contribution in [2.75, 3.05) is 5.38 Å². The molecular formula is C17H21F3O3S2Si. The first-order valence-corrected chi connectivity index (χ1v) is 14.7. The van der Waals surface area contributed by atoms with Crippen LogP contribution in [0.1, 0.15) is 0 Å². The lowest BCUT2D eigenvalue weighted by Crippen LogP contribution is -2.35. The van der Waals surface area contributed by atoms with Crippen LogP contribution in [-0.4, -0.2) is 27.4 Å². The minimum atomic E-state index is -5.76. The van der Waals surface area contributed by atoms with E-state index in [1.165, 1.54) is 0 Å². The van der Waals surface area contributed by atoms with Crippen LogP contribution in [0.15, 0.2) is 70.5 Å². The summed E-state index contributed by atoms with van der Waals surface area (Å²) in [5, 5.41) is 0.253. The summed E-state index contributed by atoms with van der Waals surface area (Å²) in [5.41, 5.74) is -5.48. The van der Waals surface area contributed by atoms with Crippen molar-refractivity contribution in [3.05, 3.63) is 60.7 Å². The van der Waals surface area contributed by atoms with Crippen LogP contribution in [0, 0.1) is 0 Å². The second-order valence-electron chi connectivity index (χ2n) is 6.97. The van der Waals surface area contributed by atoms with Gasteiger partial charge in [-0.15, -0.1) is 0 Å². The van der Waals surface area contributed by atoms with E-state index in [0.717, 1.165) is 0 Å². The molecule has 0 radical (unpaired) electrons. The average molecular weight is 423 g/mol. The van der Waals surface area contributed by atoms with Gasteiger partial charge in [0.2, 0.25) is 0 Å². The van der Waals surface area contributed by atoms with Crippen LogP contribution in [0.5, 0.6) is 0 Å². The molecule has 0 aromatic heterocycles. The first kappa shape index (κ1) is 21.0. The fourth-order valence-corrected chi connectivity index (χ4v) is 13.0. The summed E-state index contributed by atoms with van der Waals surface area (Å²) in [7, 11) is -10.7. The van der Waals surface area contributed by atoms with Gasteiger partial charge >= 0.3 is 15.6 Å². The minimum absolute atomic E-state index is 0.253. The molecular weight excluding hydrogens is 401 g/mol. The molecule has 0 aliphatic carbocycles. The van der Waals surface area contributed by atoms with Crippen molar-refractivity contribution in [1.82, 2.24) is 0 Å². The van der Waals surface area contributed by atoms with Crippen molar-refractivity contribution >= 4 is 28.5 Å². The molecule has 0 spiro atoms. The minimum Gasteiger partial charge on any atom is -0.204 e. The van der Waals surface area contributed by atoms with Gasteiger partial charge in [-0.05, 0) is 24.3 Å². The predicted molar refractivity (Wildman–Crippen MR) is 101 cm³/mol. The molecule has 0 heterocycles. The predicted octanol–water partition coefficient (Wildman–Crippen LogP) is 5.57. The van der Waals surface area contributed by atoms with E-state index in [-0.39, 0.29) is 5.38 Å². The Labute approximate surface area is 154 Å². The van der Waals surface area contributed by atoms with Gasteiger partial charge in [0.15, 0.2) is 0 Å². The van der Waals surface area contributed by atoms with E-state index in [4.69, 9.17) is 3.63 Å². The highest BCUT2D eigenvalue weighted by atomic mass is 32.3. The molecule has 144 valence electrons. The molecule has 3 nitrogen and oxygen atoms in total. The zero-order valence-electron chi connectivity index (χ0n) is 14.7. The van der Waals surface area contributed by atoms with Gasteiger partial charge in [-0.25, -0.2) is 3.63 Å². The highest BCUT2D eigenvalue weighted by Gasteiger charge is 2.52. The normalized spacial score (nSPS) is 14.2. The lowest BCUT2D eigenvalue weighted by Gasteiger charge is -2.42. The van der Waals surface area contributed by atoms with E-state index in [1.807, 2.05) is 19.6 Å². The summed E-state index contributed by atoms with van der Waals surface area (Å²) in [5.74, 6) is 0. The molecule has 0 aliphatic heterocycles. The standard InChI is InChI=1S/C17H21F3O3S2Si/c1-26(2,3)14-24(15-10-6-4-7-11-15,16-12-8-5-9-13-16)23-25(21,22)17(18,19)20/h4-13H,14H2,1-3H3. The smallest absolute Gasteiger partial charge is 0.204 e. The first-order chi connectivity index (χ1) is 11.9. The average Bonchev–Trinajstić information content (AvgIpc) is 2.53. The molecule has 0 bridgehead atoms. The van der Waals surface area contributed by atoms with Gasteiger partial charge in [0, 0.05) is 15.2 Å². The molecule has 2 aromatic carbocycles. The second-order valence-corrected chi connectivity index (χ2v) is 17.5. The van der Waals surface area contributed by atoms with E-state index >= 15 is 0 Å². The van der Waals surface area contributed by atoms with Crippen LogP contribution >= 0.6 is 10.3 Å². The van der Waals surface area contributed by atoms with Crippen LogP contribution in [0.25, 0.3) is 0 Å². The van der Waals surface area contributed by atoms with E-state index in [1.54, 1.807) is 60.7 Å². The lowest BCUT2D eigenvalue weighted by atomic mass is 10.4. The largest absolute Gasteiger partial charge is 0.523 e. The number of hydrogen-bond acceptors (Lipinski definition) is 3. The van der Waals surface area contributed by atoms with Gasteiger partial charge in [-0.1, -0.05) is 66.3 Å². The number of hydrogen-bond donors (Lipinski definition) is 0. The van der Waals surface area contributed by atoms with Crippen molar-refractivity contribution in [2.24, 2.45) is 0 Å². The Morgan fingerprint density at radius 2 is 1.23 bits per heavy atom. The summed E-state index contributed by atoms with van der Waals surface area (Å²) in [6.45, 7) is 5.93. The third kappa shape index (κ3) is 4.70. The summed E-state index contributed by atoms with van der Waals surface area (Å²) in [6.07, 6.45) is 0. The Morgan fingerprint density at radius 1 is 0.846 bits per heavy atom. The molecule has 26 heavy (non-hydrogen) atoms. The third-order valence-electron chi connectivity index (χ3n) is 3.37. The highest BCUT2D eigenvalue weighted by Crippen LogP contribution is 2.66. The Kier molecular flexibility index (Phi) is 5.96. The fourth-order valence-electron chi connectivity index (χ4n) is 2.49. The molecule has 2 aromatic rings. The molecule has 0 saturated heterocycles. The summed E-state index contributed by atoms with van der Waals surface area (Å²) in [4.78, 5) is 0.919. The SMILES string of the molecule is C[Si](C)(C)CS(OS(=O)(=O)C(F)(F)F)(c1ccccc1)c1ccccc1. The fraction of sp³-hybridized carbons (Fsp3) is 0.294. The van der Waals surface area contributed by atoms with E-state index in [0.29, 0.717) is 9.79 Å². The molecule has 2 rings (SSSR count). The maximum Gasteiger partial charge on any atom is 0.523 e. The number of rotatable bonds is 6. The number of alkyl halides is 3. The van der Waals surface area contributed by atoms with Gasteiger partial charge in [-0.3, -0.25) is 0 Å². The zero-order valence-corrected chi connectivity index (χ0v) is 17.3. The van der Waals surface area contributed by atoms with Crippen molar-refractivity contribution < 1.29 is 25.2 Å². The maximum absolute atomic E-state index is 13.1. The number of halogens is 3. The Morgan fingerprint density at radius 3 is 1.54 bits per heavy atom. The third-order valence-corrected chi connectivity index (χ3v) is 12.7. The van der Waals surface area contributed by atoms with Crippen LogP contribution < -0.4 is 0 Å². The summed E-state index contributed by atoms with van der Waals surface area (Å²) < 4.78 is 68.5. The van der Waals surface area contributed by atoms with Crippen molar-refractivity contribution in [1.29, 1.82) is 0 Å². The molecule has 0 N–H and O–H groups in total. The Balaban J connectivity index is 2.77. The van der Waals surface area contributed by atoms with E-state index < -0.39 is 34.0 Å². The number of benzene rings is 2. The quantitative estimate of drug-likeness (QED) is 0.452. The molecule has 0 aliphatic rings. The van der Waals surface area contributed by atoms with Gasteiger partial charge in [0.05, 0.1) is 8.07 Å². The molecule has 0 unspecified atom stereocenters. The maximum atomic E-state index is 13.1. The monoisotopic (exact) mass is 422 g/mol. The van der Waals surface area contributed by atoms with E-state index in [9.17, 15) is 21.6 Å². The lowest BCUT2D eigenvalue weighted by molar-refractivity contribution is -0.0496. The zero-order chi connectivity index (χ0) is 19.6. The van der Waals surface area contributed by atoms with Crippen LogP contribution in [0.3, 0.4) is 0 Å². The summed E-state index contributed by atoms with van der Waals surface area (Å²) in [6, 6.07) is 16.7. The Bertz CT molecular complexity index is 794. The van der Waals surface area contributed by atoms with Gasteiger partial charge in [-0.2, -0.15) is 21.6 Å². The van der Waals surface area contributed by atoms with Crippen LogP contribution in [0.2, 0.25) is 19.6 Å². The second kappa shape index (κ2) is 7.38. The van der Waals surface area contributed by atoms with Crippen molar-refractivity contribution in [3.8, 4) is 0 Å². The highest BCUT2D eigenvalue weighted by molar-refractivity contribution is 8.34. The first-order valence-electron chi connectivity index (χ1n) is 7.81. The topological polar surface area (TPSA) is 43.4 Å². The van der Waals surface area contributed by atoms with Gasteiger partial charge in [0.1, 0.15) is 0 Å². The van der Waals surface area contributed by atoms with Crippen molar-refractivity contribution in [3.63, 3.8) is 0 Å². The summed E-state index contributed by atoms with van der Waals surface area (Å²) >= 11 is 0. The molecule has 0 amide bonds. The molecule has 0 atom stereocenters. The molecule has 9 heteroatoms. The van der Waals surface area contributed by atoms with E-state index in [2.05, 4.69) is 0 Å². The molecule has 0 saturated carbocycles. The van der Waals surface area contributed by atoms with Gasteiger partial charge in [0.25, 0.3) is 0 Å². The van der Waals surface area contributed by atoms with Crippen molar-refractivity contribution in [2.45, 2.75) is 34.9 Å². The molecule has 0 fully saturated rings. The Hall–Kier alpha value is -1.29. The van der Waals surface area contributed by atoms with Crippen LogP contribution in [0.4, 0.5) is 13.2 Å². The van der Waals surface area contributed by atoms with Crippen LogP contribution in [-0.2, 0) is 13.7 Å². The van der Waals surface area contributed by atoms with Gasteiger partial charge < -0.3 is 0 Å².